The van der Waals surface area contributed by atoms with Gasteiger partial charge in [-0.25, -0.2) is 8.78 Å². The minimum absolute atomic E-state index is 0.0317. The van der Waals surface area contributed by atoms with E-state index < -0.39 is 11.6 Å². The molecule has 2 N–H and O–H groups in total. The van der Waals surface area contributed by atoms with Crippen LogP contribution in [-0.2, 0) is 6.61 Å². The lowest BCUT2D eigenvalue weighted by molar-refractivity contribution is 0.289. The monoisotopic (exact) mass is 249 g/mol. The Morgan fingerprint density at radius 3 is 2.72 bits per heavy atom. The van der Waals surface area contributed by atoms with Crippen LogP contribution < -0.4 is 10.5 Å². The smallest absolute Gasteiger partial charge is 0.167 e. The molecule has 2 aromatic carbocycles. The van der Waals surface area contributed by atoms with Gasteiger partial charge in [-0.2, -0.15) is 0 Å². The molecule has 0 heterocycles. The number of aryl methyl sites for hydroxylation is 1. The van der Waals surface area contributed by atoms with Crippen LogP contribution in [0, 0.1) is 18.6 Å². The van der Waals surface area contributed by atoms with Gasteiger partial charge in [-0.05, 0) is 36.8 Å². The first-order valence-corrected chi connectivity index (χ1v) is 5.50. The molecule has 2 nitrogen and oxygen atoms in total. The standard InChI is InChI=1S/C14H13F2NO/c1-9-3-2-4-13(14(9)16)18-8-10-7-11(15)5-6-12(10)17/h2-7H,8,17H2,1H3. The van der Waals surface area contributed by atoms with Crippen molar-refractivity contribution in [1.29, 1.82) is 0 Å². The van der Waals surface area contributed by atoms with Gasteiger partial charge < -0.3 is 10.5 Å². The average molecular weight is 249 g/mol. The third-order valence-electron chi connectivity index (χ3n) is 2.64. The Bertz CT molecular complexity index is 568. The number of anilines is 1. The highest BCUT2D eigenvalue weighted by Gasteiger charge is 2.07. The summed E-state index contributed by atoms with van der Waals surface area (Å²) < 4.78 is 32.0. The fourth-order valence-corrected chi connectivity index (χ4v) is 1.59. The molecule has 2 aromatic rings. The van der Waals surface area contributed by atoms with Gasteiger partial charge in [0.15, 0.2) is 11.6 Å². The van der Waals surface area contributed by atoms with E-state index in [-0.39, 0.29) is 12.4 Å². The predicted molar refractivity (Wildman–Crippen MR) is 66.3 cm³/mol. The van der Waals surface area contributed by atoms with Crippen LogP contribution in [0.25, 0.3) is 0 Å². The number of nitrogens with two attached hydrogens (primary N) is 1. The van der Waals surface area contributed by atoms with Crippen LogP contribution in [0.1, 0.15) is 11.1 Å². The van der Waals surface area contributed by atoms with Gasteiger partial charge in [-0.1, -0.05) is 12.1 Å². The van der Waals surface area contributed by atoms with Crippen molar-refractivity contribution in [1.82, 2.24) is 0 Å². The van der Waals surface area contributed by atoms with E-state index >= 15 is 0 Å². The number of hydrogen-bond donors (Lipinski definition) is 1. The van der Waals surface area contributed by atoms with Crippen molar-refractivity contribution in [2.24, 2.45) is 0 Å². The zero-order valence-electron chi connectivity index (χ0n) is 9.91. The van der Waals surface area contributed by atoms with E-state index in [1.54, 1.807) is 19.1 Å². The lowest BCUT2D eigenvalue weighted by Gasteiger charge is -2.10. The Hall–Kier alpha value is -2.10. The van der Waals surface area contributed by atoms with E-state index in [1.165, 1.54) is 24.3 Å². The summed E-state index contributed by atoms with van der Waals surface area (Å²) in [5.74, 6) is -0.668. The number of hydrogen-bond acceptors (Lipinski definition) is 2. The van der Waals surface area contributed by atoms with Crippen LogP contribution in [0.4, 0.5) is 14.5 Å². The first kappa shape index (κ1) is 12.4. The van der Waals surface area contributed by atoms with Crippen LogP contribution in [0.2, 0.25) is 0 Å². The van der Waals surface area contributed by atoms with Gasteiger partial charge in [0, 0.05) is 11.3 Å². The van der Waals surface area contributed by atoms with Gasteiger partial charge >= 0.3 is 0 Å². The quantitative estimate of drug-likeness (QED) is 0.846. The molecule has 0 atom stereocenters. The first-order chi connectivity index (χ1) is 8.58. The highest BCUT2D eigenvalue weighted by Crippen LogP contribution is 2.22. The molecule has 0 aliphatic carbocycles. The van der Waals surface area contributed by atoms with Gasteiger partial charge in [-0.15, -0.1) is 0 Å². The number of ether oxygens (including phenoxy) is 1. The number of halogens is 2. The molecule has 18 heavy (non-hydrogen) atoms. The SMILES string of the molecule is Cc1cccc(OCc2cc(F)ccc2N)c1F. The van der Waals surface area contributed by atoms with Gasteiger partial charge in [0.1, 0.15) is 12.4 Å². The Labute approximate surface area is 104 Å². The highest BCUT2D eigenvalue weighted by molar-refractivity contribution is 5.46. The molecular weight excluding hydrogens is 236 g/mol. The Kier molecular flexibility index (Phi) is 3.46. The van der Waals surface area contributed by atoms with Crippen molar-refractivity contribution in [2.75, 3.05) is 5.73 Å². The third kappa shape index (κ3) is 2.59. The summed E-state index contributed by atoms with van der Waals surface area (Å²) in [7, 11) is 0. The largest absolute Gasteiger partial charge is 0.486 e. The second-order valence-electron chi connectivity index (χ2n) is 4.02. The zero-order chi connectivity index (χ0) is 13.1. The molecule has 2 rings (SSSR count). The predicted octanol–water partition coefficient (Wildman–Crippen LogP) is 3.43. The van der Waals surface area contributed by atoms with Crippen LogP contribution in [-0.4, -0.2) is 0 Å². The summed E-state index contributed by atoms with van der Waals surface area (Å²) in [4.78, 5) is 0. The lowest BCUT2D eigenvalue weighted by atomic mass is 10.2. The average Bonchev–Trinajstić information content (AvgIpc) is 2.35. The summed E-state index contributed by atoms with van der Waals surface area (Å²) in [6, 6.07) is 8.88. The van der Waals surface area contributed by atoms with E-state index in [9.17, 15) is 8.78 Å². The van der Waals surface area contributed by atoms with Crippen LogP contribution >= 0.6 is 0 Å². The molecule has 0 aromatic heterocycles. The van der Waals surface area contributed by atoms with Crippen molar-refractivity contribution in [3.63, 3.8) is 0 Å². The molecule has 94 valence electrons. The molecule has 0 unspecified atom stereocenters. The minimum atomic E-state index is -0.410. The van der Waals surface area contributed by atoms with Crippen molar-refractivity contribution in [3.8, 4) is 5.75 Å². The van der Waals surface area contributed by atoms with E-state index in [0.717, 1.165) is 0 Å². The second-order valence-corrected chi connectivity index (χ2v) is 4.02. The summed E-state index contributed by atoms with van der Waals surface area (Å²) >= 11 is 0. The maximum Gasteiger partial charge on any atom is 0.167 e. The molecule has 0 spiro atoms. The molecule has 0 fully saturated rings. The highest BCUT2D eigenvalue weighted by atomic mass is 19.1. The molecule has 4 heteroatoms. The minimum Gasteiger partial charge on any atom is -0.486 e. The van der Waals surface area contributed by atoms with Crippen molar-refractivity contribution in [2.45, 2.75) is 13.5 Å². The van der Waals surface area contributed by atoms with E-state index in [1.807, 2.05) is 0 Å². The van der Waals surface area contributed by atoms with Gasteiger partial charge in [0.2, 0.25) is 0 Å². The summed E-state index contributed by atoms with van der Waals surface area (Å²) in [6.45, 7) is 1.68. The van der Waals surface area contributed by atoms with Gasteiger partial charge in [-0.3, -0.25) is 0 Å². The van der Waals surface area contributed by atoms with Crippen molar-refractivity contribution < 1.29 is 13.5 Å². The molecule has 0 radical (unpaired) electrons. The number of nitrogen functional groups attached to an aromatic ring is 1. The van der Waals surface area contributed by atoms with E-state index in [4.69, 9.17) is 10.5 Å². The van der Waals surface area contributed by atoms with Crippen LogP contribution in [0.3, 0.4) is 0 Å². The summed E-state index contributed by atoms with van der Waals surface area (Å²) in [5.41, 5.74) is 7.10. The Morgan fingerprint density at radius 2 is 1.94 bits per heavy atom. The maximum atomic E-state index is 13.7. The topological polar surface area (TPSA) is 35.2 Å². The zero-order valence-corrected chi connectivity index (χ0v) is 9.91. The molecule has 0 aliphatic rings. The van der Waals surface area contributed by atoms with Crippen LogP contribution in [0.15, 0.2) is 36.4 Å². The molecule has 0 aliphatic heterocycles. The summed E-state index contributed by atoms with van der Waals surface area (Å²) in [5, 5.41) is 0. The first-order valence-electron chi connectivity index (χ1n) is 5.50. The van der Waals surface area contributed by atoms with Crippen molar-refractivity contribution in [3.05, 3.63) is 59.2 Å². The van der Waals surface area contributed by atoms with E-state index in [2.05, 4.69) is 0 Å². The third-order valence-corrected chi connectivity index (χ3v) is 2.64. The normalized spacial score (nSPS) is 10.4. The van der Waals surface area contributed by atoms with Crippen molar-refractivity contribution >= 4 is 5.69 Å². The number of benzene rings is 2. The van der Waals surface area contributed by atoms with Crippen LogP contribution in [0.5, 0.6) is 5.75 Å². The molecule has 0 amide bonds. The lowest BCUT2D eigenvalue weighted by Crippen LogP contribution is -2.02. The second kappa shape index (κ2) is 5.04. The molecule has 0 saturated heterocycles. The Morgan fingerprint density at radius 1 is 1.17 bits per heavy atom. The van der Waals surface area contributed by atoms with Gasteiger partial charge in [0.25, 0.3) is 0 Å². The fourth-order valence-electron chi connectivity index (χ4n) is 1.59. The molecule has 0 bridgehead atoms. The molecule has 0 saturated carbocycles. The molecular formula is C14H13F2NO. The summed E-state index contributed by atoms with van der Waals surface area (Å²) in [6.07, 6.45) is 0. The van der Waals surface area contributed by atoms with Gasteiger partial charge in [0.05, 0.1) is 0 Å². The van der Waals surface area contributed by atoms with E-state index in [0.29, 0.717) is 16.8 Å². The Balaban J connectivity index is 2.16. The maximum absolute atomic E-state index is 13.7. The fraction of sp³-hybridized carbons (Fsp3) is 0.143. The number of rotatable bonds is 3.